The van der Waals surface area contributed by atoms with Gasteiger partial charge in [0.25, 0.3) is 10.0 Å². The predicted octanol–water partition coefficient (Wildman–Crippen LogP) is 5.93. The number of hydrogen-bond donors (Lipinski definition) is 1. The molecule has 1 atom stereocenters. The van der Waals surface area contributed by atoms with Gasteiger partial charge in [0.05, 0.1) is 10.6 Å². The third-order valence-corrected chi connectivity index (χ3v) is 9.37. The summed E-state index contributed by atoms with van der Waals surface area (Å²) in [5, 5.41) is 3.65. The van der Waals surface area contributed by atoms with E-state index in [1.54, 1.807) is 42.5 Å². The number of benzene rings is 3. The summed E-state index contributed by atoms with van der Waals surface area (Å²) in [4.78, 5) is 29.0. The number of rotatable bonds is 11. The standard InChI is InChI=1S/C31H35ClFN3O4S/c1-2-29(31(38)34-26-9-5-3-6-10-26)35(21-23-13-15-24(32)16-14-23)30(37)22-36(27-19-17-25(33)18-20-27)41(39,40)28-11-7-4-8-12-28/h4,7-8,11-20,26,29H,2-3,5-6,9-10,21-22H2,1H3,(H,34,38)/t29-/m0/s1. The number of nitrogens with zero attached hydrogens (tertiary/aromatic N) is 2. The number of carbonyl (C=O) groups excluding carboxylic acids is 2. The topological polar surface area (TPSA) is 86.8 Å². The van der Waals surface area contributed by atoms with Gasteiger partial charge in [-0.1, -0.05) is 68.1 Å². The molecule has 0 aromatic heterocycles. The van der Waals surface area contributed by atoms with Crippen LogP contribution >= 0.6 is 11.6 Å². The van der Waals surface area contributed by atoms with Gasteiger partial charge in [-0.25, -0.2) is 12.8 Å². The fourth-order valence-electron chi connectivity index (χ4n) is 5.11. The molecule has 0 unspecified atom stereocenters. The van der Waals surface area contributed by atoms with E-state index in [4.69, 9.17) is 11.6 Å². The Balaban J connectivity index is 1.68. The summed E-state index contributed by atoms with van der Waals surface area (Å²) in [6.45, 7) is 1.32. The lowest BCUT2D eigenvalue weighted by Gasteiger charge is -2.34. The summed E-state index contributed by atoms with van der Waals surface area (Å²) in [7, 11) is -4.20. The lowest BCUT2D eigenvalue weighted by molar-refractivity contribution is -0.140. The van der Waals surface area contributed by atoms with E-state index in [1.807, 2.05) is 6.92 Å². The first-order chi connectivity index (χ1) is 19.7. The van der Waals surface area contributed by atoms with E-state index in [-0.39, 0.29) is 29.1 Å². The fourth-order valence-corrected chi connectivity index (χ4v) is 6.67. The Labute approximate surface area is 246 Å². The van der Waals surface area contributed by atoms with Gasteiger partial charge in [-0.15, -0.1) is 0 Å². The Bertz CT molecular complexity index is 1410. The molecule has 3 aromatic carbocycles. The number of carbonyl (C=O) groups is 2. The van der Waals surface area contributed by atoms with Gasteiger partial charge in [-0.2, -0.15) is 0 Å². The van der Waals surface area contributed by atoms with Crippen molar-refractivity contribution in [3.05, 3.63) is 95.3 Å². The highest BCUT2D eigenvalue weighted by atomic mass is 35.5. The highest BCUT2D eigenvalue weighted by Crippen LogP contribution is 2.26. The summed E-state index contributed by atoms with van der Waals surface area (Å²) in [6.07, 6.45) is 5.33. The highest BCUT2D eigenvalue weighted by Gasteiger charge is 2.34. The monoisotopic (exact) mass is 599 g/mol. The Morgan fingerprint density at radius 3 is 2.20 bits per heavy atom. The Morgan fingerprint density at radius 1 is 0.951 bits per heavy atom. The second-order valence-electron chi connectivity index (χ2n) is 10.2. The van der Waals surface area contributed by atoms with Crippen LogP contribution in [0.2, 0.25) is 5.02 Å². The maximum atomic E-state index is 14.1. The normalized spacial score (nSPS) is 14.7. The third kappa shape index (κ3) is 7.86. The number of halogens is 2. The van der Waals surface area contributed by atoms with Crippen molar-refractivity contribution in [3.8, 4) is 0 Å². The number of amides is 2. The molecular formula is C31H35ClFN3O4S. The van der Waals surface area contributed by atoms with Crippen LogP contribution in [0.15, 0.2) is 83.8 Å². The predicted molar refractivity (Wildman–Crippen MR) is 158 cm³/mol. The Hall–Kier alpha value is -3.43. The Kier molecular flexibility index (Phi) is 10.4. The van der Waals surface area contributed by atoms with Crippen molar-refractivity contribution in [2.45, 2.75) is 69.0 Å². The molecule has 2 amide bonds. The molecule has 218 valence electrons. The average molecular weight is 600 g/mol. The zero-order valence-corrected chi connectivity index (χ0v) is 24.6. The molecule has 0 spiro atoms. The van der Waals surface area contributed by atoms with Gasteiger partial charge < -0.3 is 10.2 Å². The van der Waals surface area contributed by atoms with E-state index in [0.717, 1.165) is 54.1 Å². The second-order valence-corrected chi connectivity index (χ2v) is 12.5. The van der Waals surface area contributed by atoms with Crippen LogP contribution in [0.5, 0.6) is 0 Å². The van der Waals surface area contributed by atoms with E-state index >= 15 is 0 Å². The van der Waals surface area contributed by atoms with Crippen molar-refractivity contribution < 1.29 is 22.4 Å². The van der Waals surface area contributed by atoms with E-state index in [1.165, 1.54) is 29.2 Å². The summed E-state index contributed by atoms with van der Waals surface area (Å²) in [5.41, 5.74) is 0.876. The lowest BCUT2D eigenvalue weighted by Crippen LogP contribution is -2.54. The van der Waals surface area contributed by atoms with Gasteiger partial charge >= 0.3 is 0 Å². The van der Waals surface area contributed by atoms with E-state index in [2.05, 4.69) is 5.32 Å². The van der Waals surface area contributed by atoms with Crippen LogP contribution in [0.1, 0.15) is 51.0 Å². The molecule has 1 N–H and O–H groups in total. The molecule has 7 nitrogen and oxygen atoms in total. The van der Waals surface area contributed by atoms with Crippen LogP contribution < -0.4 is 9.62 Å². The zero-order valence-electron chi connectivity index (χ0n) is 23.0. The highest BCUT2D eigenvalue weighted by molar-refractivity contribution is 7.92. The molecule has 0 saturated heterocycles. The van der Waals surface area contributed by atoms with Crippen LogP contribution in [0, 0.1) is 5.82 Å². The third-order valence-electron chi connectivity index (χ3n) is 7.33. The van der Waals surface area contributed by atoms with Crippen molar-refractivity contribution in [2.75, 3.05) is 10.8 Å². The molecule has 41 heavy (non-hydrogen) atoms. The van der Waals surface area contributed by atoms with E-state index in [0.29, 0.717) is 11.4 Å². The average Bonchev–Trinajstić information content (AvgIpc) is 2.98. The van der Waals surface area contributed by atoms with Crippen LogP contribution in [0.25, 0.3) is 0 Å². The van der Waals surface area contributed by atoms with Crippen molar-refractivity contribution in [1.29, 1.82) is 0 Å². The summed E-state index contributed by atoms with van der Waals surface area (Å²) in [5.74, 6) is -1.36. The molecule has 3 aromatic rings. The van der Waals surface area contributed by atoms with E-state index < -0.39 is 34.3 Å². The van der Waals surface area contributed by atoms with Crippen molar-refractivity contribution >= 4 is 39.1 Å². The molecule has 4 rings (SSSR count). The molecule has 0 heterocycles. The molecule has 10 heteroatoms. The minimum atomic E-state index is -4.20. The van der Waals surface area contributed by atoms with Gasteiger partial charge in [-0.05, 0) is 73.4 Å². The number of nitrogens with one attached hydrogen (secondary N) is 1. The Morgan fingerprint density at radius 2 is 1.59 bits per heavy atom. The van der Waals surface area contributed by atoms with Gasteiger partial charge in [0.15, 0.2) is 0 Å². The number of sulfonamides is 1. The molecule has 0 aliphatic heterocycles. The maximum Gasteiger partial charge on any atom is 0.264 e. The summed E-state index contributed by atoms with van der Waals surface area (Å²) >= 11 is 6.07. The molecule has 0 radical (unpaired) electrons. The van der Waals surface area contributed by atoms with Crippen LogP contribution in [0.4, 0.5) is 10.1 Å². The largest absolute Gasteiger partial charge is 0.352 e. The molecule has 1 fully saturated rings. The van der Waals surface area contributed by atoms with Crippen molar-refractivity contribution in [1.82, 2.24) is 10.2 Å². The quantitative estimate of drug-likeness (QED) is 0.296. The first kappa shape index (κ1) is 30.5. The first-order valence-electron chi connectivity index (χ1n) is 13.9. The van der Waals surface area contributed by atoms with Crippen molar-refractivity contribution in [2.24, 2.45) is 0 Å². The van der Waals surface area contributed by atoms with Gasteiger partial charge in [0, 0.05) is 17.6 Å². The maximum absolute atomic E-state index is 14.1. The minimum Gasteiger partial charge on any atom is -0.352 e. The minimum absolute atomic E-state index is 0.0107. The van der Waals surface area contributed by atoms with Crippen LogP contribution in [-0.4, -0.2) is 43.8 Å². The molecule has 1 aliphatic carbocycles. The SMILES string of the molecule is CC[C@@H](C(=O)NC1CCCCC1)N(Cc1ccc(Cl)cc1)C(=O)CN(c1ccc(F)cc1)S(=O)(=O)c1ccccc1. The fraction of sp³-hybridized carbons (Fsp3) is 0.355. The van der Waals surface area contributed by atoms with Crippen molar-refractivity contribution in [3.63, 3.8) is 0 Å². The van der Waals surface area contributed by atoms with Gasteiger partial charge in [-0.3, -0.25) is 13.9 Å². The molecular weight excluding hydrogens is 565 g/mol. The van der Waals surface area contributed by atoms with Gasteiger partial charge in [0.1, 0.15) is 18.4 Å². The van der Waals surface area contributed by atoms with E-state index in [9.17, 15) is 22.4 Å². The molecule has 1 saturated carbocycles. The second kappa shape index (κ2) is 14.0. The van der Waals surface area contributed by atoms with Crippen LogP contribution in [-0.2, 0) is 26.2 Å². The molecule has 1 aliphatic rings. The summed E-state index contributed by atoms with van der Waals surface area (Å²) < 4.78 is 42.3. The summed E-state index contributed by atoms with van der Waals surface area (Å²) in [6, 6.07) is 18.8. The zero-order chi connectivity index (χ0) is 29.4. The smallest absolute Gasteiger partial charge is 0.264 e. The lowest BCUT2D eigenvalue weighted by atomic mass is 9.95. The first-order valence-corrected chi connectivity index (χ1v) is 15.7. The number of hydrogen-bond acceptors (Lipinski definition) is 4. The number of anilines is 1. The van der Waals surface area contributed by atoms with Crippen LogP contribution in [0.3, 0.4) is 0 Å². The molecule has 0 bridgehead atoms. The van der Waals surface area contributed by atoms with Gasteiger partial charge in [0.2, 0.25) is 11.8 Å².